The number of nitrogens with one attached hydrogen (secondary N) is 2. The second kappa shape index (κ2) is 6.36. The highest BCUT2D eigenvalue weighted by Crippen LogP contribution is 2.35. The fraction of sp³-hybridized carbons (Fsp3) is 0.455. The molecule has 0 spiro atoms. The predicted octanol–water partition coefficient (Wildman–Crippen LogP) is 3.17. The first-order valence-electron chi connectivity index (χ1n) is 5.98. The lowest BCUT2D eigenvalue weighted by molar-refractivity contribution is -0.167. The van der Waals surface area contributed by atoms with Crippen molar-refractivity contribution in [3.63, 3.8) is 0 Å². The molecule has 23 heavy (non-hydrogen) atoms. The minimum absolute atomic E-state index is 0.139. The van der Waals surface area contributed by atoms with Crippen molar-refractivity contribution in [2.24, 2.45) is 0 Å². The van der Waals surface area contributed by atoms with Crippen LogP contribution in [0.3, 0.4) is 0 Å². The zero-order chi connectivity index (χ0) is 17.4. The van der Waals surface area contributed by atoms with Gasteiger partial charge in [0.25, 0.3) is 0 Å². The smallest absolute Gasteiger partial charge is 0.331 e. The first-order valence-corrected chi connectivity index (χ1v) is 7.24. The van der Waals surface area contributed by atoms with Crippen LogP contribution in [0, 0.1) is 0 Å². The second-order valence-corrected chi connectivity index (χ2v) is 6.04. The number of carbonyl (C=O) groups is 1. The molecule has 1 aliphatic heterocycles. The van der Waals surface area contributed by atoms with E-state index in [1.165, 1.54) is 0 Å². The van der Waals surface area contributed by atoms with Crippen molar-refractivity contribution in [1.29, 1.82) is 0 Å². The van der Waals surface area contributed by atoms with Crippen LogP contribution in [0.25, 0.3) is 0 Å². The maximum atomic E-state index is 12.7. The summed E-state index contributed by atoms with van der Waals surface area (Å²) in [6, 6.07) is -1.44. The van der Waals surface area contributed by atoms with E-state index in [4.69, 9.17) is 11.6 Å². The van der Waals surface area contributed by atoms with Crippen LogP contribution in [0.1, 0.15) is 12.0 Å². The van der Waals surface area contributed by atoms with Crippen molar-refractivity contribution in [1.82, 2.24) is 15.6 Å². The van der Waals surface area contributed by atoms with Gasteiger partial charge < -0.3 is 5.32 Å². The summed E-state index contributed by atoms with van der Waals surface area (Å²) in [5, 5.41) is 3.84. The number of amides is 1. The van der Waals surface area contributed by atoms with Gasteiger partial charge in [0.2, 0.25) is 5.91 Å². The molecule has 0 bridgehead atoms. The molecule has 1 aliphatic rings. The molecule has 2 heterocycles. The van der Waals surface area contributed by atoms with E-state index in [9.17, 15) is 31.1 Å². The molecule has 1 aromatic heterocycles. The van der Waals surface area contributed by atoms with Crippen LogP contribution in [-0.2, 0) is 11.0 Å². The average Bonchev–Trinajstić information content (AvgIpc) is 2.38. The van der Waals surface area contributed by atoms with Crippen LogP contribution in [0.15, 0.2) is 17.3 Å². The monoisotopic (exact) mass is 379 g/mol. The van der Waals surface area contributed by atoms with Crippen molar-refractivity contribution < 1.29 is 31.1 Å². The molecule has 0 aliphatic carbocycles. The first-order chi connectivity index (χ1) is 10.5. The minimum atomic E-state index is -4.64. The van der Waals surface area contributed by atoms with Gasteiger partial charge in [0.05, 0.1) is 17.0 Å². The number of hydrogen-bond donors (Lipinski definition) is 2. The normalized spacial score (nSPS) is 22.8. The van der Waals surface area contributed by atoms with Gasteiger partial charge in [0.15, 0.2) is 0 Å². The van der Waals surface area contributed by atoms with Gasteiger partial charge in [-0.3, -0.25) is 10.1 Å². The summed E-state index contributed by atoms with van der Waals surface area (Å²) in [4.78, 5) is 14.8. The van der Waals surface area contributed by atoms with E-state index in [1.807, 2.05) is 0 Å². The zero-order valence-electron chi connectivity index (χ0n) is 10.9. The second-order valence-electron chi connectivity index (χ2n) is 4.54. The molecule has 2 N–H and O–H groups in total. The Labute approximate surface area is 135 Å². The van der Waals surface area contributed by atoms with Gasteiger partial charge in [-0.1, -0.05) is 23.4 Å². The molecule has 128 valence electrons. The van der Waals surface area contributed by atoms with Crippen LogP contribution in [0.4, 0.5) is 26.3 Å². The summed E-state index contributed by atoms with van der Waals surface area (Å²) in [5.41, 5.74) is -2.30. The lowest BCUT2D eigenvalue weighted by atomic mass is 10.1. The summed E-state index contributed by atoms with van der Waals surface area (Å²) >= 11 is 6.25. The Kier molecular flexibility index (Phi) is 5.02. The molecule has 1 amide bonds. The number of halogens is 7. The molecular weight excluding hydrogens is 372 g/mol. The molecule has 2 unspecified atom stereocenters. The fourth-order valence-corrected chi connectivity index (χ4v) is 2.96. The number of thioether (sulfide) groups is 1. The summed E-state index contributed by atoms with van der Waals surface area (Å²) in [6.07, 6.45) is -9.54. The molecule has 0 aromatic carbocycles. The maximum Gasteiger partial charge on any atom is 0.417 e. The van der Waals surface area contributed by atoms with E-state index in [0.29, 0.717) is 24.0 Å². The number of nitrogens with zero attached hydrogens (tertiary/aromatic N) is 1. The molecular formula is C11H8ClF6N3OS. The molecule has 2 rings (SSSR count). The Balaban J connectivity index is 2.14. The number of rotatable bonds is 2. The SMILES string of the molecule is O=C1CC(C(F)(F)F)NC(Sc2ncc(C(F)(F)F)cc2Cl)N1. The Morgan fingerprint density at radius 2 is 1.91 bits per heavy atom. The van der Waals surface area contributed by atoms with Gasteiger partial charge in [-0.15, -0.1) is 0 Å². The predicted molar refractivity (Wildman–Crippen MR) is 69.6 cm³/mol. The molecule has 0 saturated carbocycles. The molecule has 0 radical (unpaired) electrons. The van der Waals surface area contributed by atoms with Crippen LogP contribution in [0.5, 0.6) is 0 Å². The largest absolute Gasteiger partial charge is 0.417 e. The van der Waals surface area contributed by atoms with Crippen molar-refractivity contribution in [2.45, 2.75) is 35.3 Å². The number of hydrogen-bond acceptors (Lipinski definition) is 4. The van der Waals surface area contributed by atoms with Gasteiger partial charge in [-0.2, -0.15) is 26.3 Å². The molecule has 1 aromatic rings. The third-order valence-electron chi connectivity index (χ3n) is 2.79. The van der Waals surface area contributed by atoms with Crippen molar-refractivity contribution >= 4 is 29.3 Å². The Morgan fingerprint density at radius 1 is 1.26 bits per heavy atom. The fourth-order valence-electron chi connectivity index (χ4n) is 1.73. The van der Waals surface area contributed by atoms with Gasteiger partial charge >= 0.3 is 12.4 Å². The van der Waals surface area contributed by atoms with Gasteiger partial charge in [0, 0.05) is 6.20 Å². The Bertz CT molecular complexity index is 608. The highest BCUT2D eigenvalue weighted by atomic mass is 35.5. The van der Waals surface area contributed by atoms with Crippen LogP contribution in [0.2, 0.25) is 5.02 Å². The zero-order valence-corrected chi connectivity index (χ0v) is 12.5. The Hall–Kier alpha value is -1.20. The quantitative estimate of drug-likeness (QED) is 0.775. The van der Waals surface area contributed by atoms with Gasteiger partial charge in [0.1, 0.15) is 16.6 Å². The lowest BCUT2D eigenvalue weighted by Gasteiger charge is -2.32. The molecule has 2 atom stereocenters. The standard InChI is InChI=1S/C11H8ClF6N3OS/c12-5-1-4(10(13,14)15)3-19-8(5)23-9-20-6(11(16,17)18)2-7(22)21-9/h1,3,6,9,20H,2H2,(H,21,22). The third kappa shape index (κ3) is 4.64. The van der Waals surface area contributed by atoms with E-state index in [2.05, 4.69) is 15.6 Å². The van der Waals surface area contributed by atoms with Crippen LogP contribution < -0.4 is 10.6 Å². The number of aromatic nitrogens is 1. The summed E-state index contributed by atoms with van der Waals surface area (Å²) < 4.78 is 75.5. The number of pyridine rings is 1. The van der Waals surface area contributed by atoms with Crippen molar-refractivity contribution in [3.8, 4) is 0 Å². The third-order valence-corrected chi connectivity index (χ3v) is 4.23. The first kappa shape index (κ1) is 18.1. The lowest BCUT2D eigenvalue weighted by Crippen LogP contribution is -2.59. The number of carbonyl (C=O) groups excluding carboxylic acids is 1. The van der Waals surface area contributed by atoms with E-state index in [1.54, 1.807) is 0 Å². The van der Waals surface area contributed by atoms with E-state index in [-0.39, 0.29) is 10.0 Å². The molecule has 1 fully saturated rings. The molecule has 4 nitrogen and oxygen atoms in total. The number of alkyl halides is 6. The van der Waals surface area contributed by atoms with Crippen molar-refractivity contribution in [3.05, 3.63) is 22.8 Å². The van der Waals surface area contributed by atoms with Crippen molar-refractivity contribution in [2.75, 3.05) is 0 Å². The summed E-state index contributed by atoms with van der Waals surface area (Å²) in [7, 11) is 0. The van der Waals surface area contributed by atoms with E-state index < -0.39 is 41.8 Å². The molecule has 12 heteroatoms. The topological polar surface area (TPSA) is 54.0 Å². The van der Waals surface area contributed by atoms with Crippen LogP contribution in [-0.4, -0.2) is 28.6 Å². The van der Waals surface area contributed by atoms with E-state index >= 15 is 0 Å². The highest BCUT2D eigenvalue weighted by Gasteiger charge is 2.45. The van der Waals surface area contributed by atoms with Gasteiger partial charge in [-0.05, 0) is 6.07 Å². The van der Waals surface area contributed by atoms with Gasteiger partial charge in [-0.25, -0.2) is 4.98 Å². The maximum absolute atomic E-state index is 12.7. The highest BCUT2D eigenvalue weighted by molar-refractivity contribution is 7.99. The Morgan fingerprint density at radius 3 is 2.43 bits per heavy atom. The minimum Gasteiger partial charge on any atom is -0.331 e. The van der Waals surface area contributed by atoms with E-state index in [0.717, 1.165) is 0 Å². The molecule has 1 saturated heterocycles. The average molecular weight is 380 g/mol. The summed E-state index contributed by atoms with van der Waals surface area (Å²) in [6.45, 7) is 0. The van der Waals surface area contributed by atoms with Crippen LogP contribution >= 0.6 is 23.4 Å². The summed E-state index contributed by atoms with van der Waals surface area (Å²) in [5.74, 6) is -0.841.